The van der Waals surface area contributed by atoms with Crippen molar-refractivity contribution in [1.82, 2.24) is 4.57 Å². The van der Waals surface area contributed by atoms with Crippen LogP contribution in [0, 0.1) is 11.3 Å². The molecule has 0 atom stereocenters. The maximum absolute atomic E-state index is 11.1. The van der Waals surface area contributed by atoms with Gasteiger partial charge in [-0.05, 0) is 19.1 Å². The van der Waals surface area contributed by atoms with E-state index >= 15 is 0 Å². The molecule has 0 saturated carbocycles. The maximum Gasteiger partial charge on any atom is 0.419 e. The van der Waals surface area contributed by atoms with Gasteiger partial charge in [0, 0.05) is 6.20 Å². The molecule has 0 saturated heterocycles. The molecule has 4 nitrogen and oxygen atoms in total. The molecule has 0 N–H and O–H groups in total. The summed E-state index contributed by atoms with van der Waals surface area (Å²) in [5.41, 5.74) is 0.286. The van der Waals surface area contributed by atoms with Crippen molar-refractivity contribution in [2.45, 2.75) is 6.92 Å². The van der Waals surface area contributed by atoms with Crippen LogP contribution in [0.4, 0.5) is 4.79 Å². The van der Waals surface area contributed by atoms with E-state index in [1.165, 1.54) is 10.8 Å². The molecule has 0 bridgehead atoms. The molecule has 1 aromatic rings. The van der Waals surface area contributed by atoms with Gasteiger partial charge in [-0.2, -0.15) is 5.26 Å². The van der Waals surface area contributed by atoms with E-state index in [1.807, 2.05) is 6.07 Å². The maximum atomic E-state index is 11.1. The number of aromatic nitrogens is 1. The van der Waals surface area contributed by atoms with Gasteiger partial charge in [-0.1, -0.05) is 0 Å². The fourth-order valence-electron chi connectivity index (χ4n) is 0.824. The van der Waals surface area contributed by atoms with Gasteiger partial charge in [0.1, 0.15) is 11.8 Å². The zero-order chi connectivity index (χ0) is 8.97. The van der Waals surface area contributed by atoms with Crippen LogP contribution < -0.4 is 0 Å². The second kappa shape index (κ2) is 3.58. The number of nitriles is 1. The molecule has 1 aromatic heterocycles. The highest BCUT2D eigenvalue weighted by molar-refractivity contribution is 5.72. The number of hydrogen-bond acceptors (Lipinski definition) is 3. The molecular formula is C8H8N2O2. The van der Waals surface area contributed by atoms with Gasteiger partial charge in [-0.15, -0.1) is 0 Å². The Morgan fingerprint density at radius 3 is 3.17 bits per heavy atom. The summed E-state index contributed by atoms with van der Waals surface area (Å²) in [6.07, 6.45) is 0.982. The summed E-state index contributed by atoms with van der Waals surface area (Å²) in [4.78, 5) is 11.1. The van der Waals surface area contributed by atoms with Crippen LogP contribution in [0.1, 0.15) is 12.6 Å². The zero-order valence-corrected chi connectivity index (χ0v) is 6.65. The first-order chi connectivity index (χ1) is 5.79. The van der Waals surface area contributed by atoms with Crippen LogP contribution in [-0.2, 0) is 4.74 Å². The Morgan fingerprint density at radius 2 is 2.58 bits per heavy atom. The summed E-state index contributed by atoms with van der Waals surface area (Å²) >= 11 is 0. The standard InChI is InChI=1S/C8H8N2O2/c1-2-12-8(11)10-5-3-4-7(10)6-9/h3-5H,2H2,1H3. The average molecular weight is 164 g/mol. The Bertz CT molecular complexity index is 322. The molecule has 0 aliphatic carbocycles. The highest BCUT2D eigenvalue weighted by Gasteiger charge is 2.07. The van der Waals surface area contributed by atoms with Crippen molar-refractivity contribution in [2.75, 3.05) is 6.61 Å². The van der Waals surface area contributed by atoms with Gasteiger partial charge < -0.3 is 4.74 Å². The number of hydrogen-bond donors (Lipinski definition) is 0. The van der Waals surface area contributed by atoms with Gasteiger partial charge in [0.15, 0.2) is 0 Å². The number of ether oxygens (including phenoxy) is 1. The third-order valence-electron chi connectivity index (χ3n) is 1.33. The molecule has 0 aliphatic rings. The van der Waals surface area contributed by atoms with Crippen molar-refractivity contribution in [3.05, 3.63) is 24.0 Å². The second-order valence-electron chi connectivity index (χ2n) is 2.07. The smallest absolute Gasteiger partial charge is 0.419 e. The highest BCUT2D eigenvalue weighted by Crippen LogP contribution is 2.00. The summed E-state index contributed by atoms with van der Waals surface area (Å²) in [7, 11) is 0. The van der Waals surface area contributed by atoms with Crippen LogP contribution >= 0.6 is 0 Å². The monoisotopic (exact) mass is 164 g/mol. The molecule has 4 heteroatoms. The summed E-state index contributed by atoms with van der Waals surface area (Å²) in [6, 6.07) is 5.05. The van der Waals surface area contributed by atoms with Gasteiger partial charge >= 0.3 is 6.09 Å². The quantitative estimate of drug-likeness (QED) is 0.629. The molecule has 0 unspecified atom stereocenters. The molecule has 62 valence electrons. The minimum absolute atomic E-state index is 0.286. The van der Waals surface area contributed by atoms with E-state index in [4.69, 9.17) is 10.00 Å². The lowest BCUT2D eigenvalue weighted by Crippen LogP contribution is -2.13. The third kappa shape index (κ3) is 1.45. The van der Waals surface area contributed by atoms with Crippen molar-refractivity contribution in [2.24, 2.45) is 0 Å². The molecule has 0 aliphatic heterocycles. The van der Waals surface area contributed by atoms with E-state index in [9.17, 15) is 4.79 Å². The van der Waals surface area contributed by atoms with Crippen LogP contribution in [0.15, 0.2) is 18.3 Å². The lowest BCUT2D eigenvalue weighted by atomic mass is 10.5. The molecule has 0 fully saturated rings. The lowest BCUT2D eigenvalue weighted by molar-refractivity contribution is 0.154. The predicted molar refractivity (Wildman–Crippen MR) is 41.6 cm³/mol. The Morgan fingerprint density at radius 1 is 1.83 bits per heavy atom. The fourth-order valence-corrected chi connectivity index (χ4v) is 0.824. The van der Waals surface area contributed by atoms with Crippen molar-refractivity contribution in [3.63, 3.8) is 0 Å². The van der Waals surface area contributed by atoms with Crippen LogP contribution in [0.5, 0.6) is 0 Å². The number of carbonyl (C=O) groups is 1. The Kier molecular flexibility index (Phi) is 2.49. The van der Waals surface area contributed by atoms with Crippen molar-refractivity contribution in [1.29, 1.82) is 5.26 Å². The van der Waals surface area contributed by atoms with Gasteiger partial charge in [0.25, 0.3) is 0 Å². The largest absolute Gasteiger partial charge is 0.449 e. The van der Waals surface area contributed by atoms with Crippen LogP contribution in [-0.4, -0.2) is 17.3 Å². The minimum Gasteiger partial charge on any atom is -0.449 e. The second-order valence-corrected chi connectivity index (χ2v) is 2.07. The Balaban J connectivity index is 2.88. The van der Waals surface area contributed by atoms with E-state index in [0.29, 0.717) is 6.61 Å². The molecule has 12 heavy (non-hydrogen) atoms. The topological polar surface area (TPSA) is 55.0 Å². The molecule has 1 heterocycles. The van der Waals surface area contributed by atoms with E-state index in [2.05, 4.69) is 0 Å². The first-order valence-corrected chi connectivity index (χ1v) is 3.54. The zero-order valence-electron chi connectivity index (χ0n) is 6.65. The summed E-state index contributed by atoms with van der Waals surface area (Å²) < 4.78 is 5.87. The first kappa shape index (κ1) is 8.34. The van der Waals surface area contributed by atoms with Gasteiger partial charge in [0.05, 0.1) is 6.61 Å². The Labute approximate surface area is 70.0 Å². The molecule has 0 amide bonds. The molecule has 0 aromatic carbocycles. The molecule has 1 rings (SSSR count). The van der Waals surface area contributed by atoms with E-state index in [-0.39, 0.29) is 5.69 Å². The van der Waals surface area contributed by atoms with Gasteiger partial charge in [0.2, 0.25) is 0 Å². The van der Waals surface area contributed by atoms with Crippen LogP contribution in [0.25, 0.3) is 0 Å². The number of carbonyl (C=O) groups excluding carboxylic acids is 1. The highest BCUT2D eigenvalue weighted by atomic mass is 16.5. The predicted octanol–water partition coefficient (Wildman–Crippen LogP) is 1.36. The Hall–Kier alpha value is -1.76. The molecule has 0 spiro atoms. The summed E-state index contributed by atoms with van der Waals surface area (Å²) in [5.74, 6) is 0. The molecular weight excluding hydrogens is 156 g/mol. The van der Waals surface area contributed by atoms with Crippen molar-refractivity contribution in [3.8, 4) is 6.07 Å². The fraction of sp³-hybridized carbons (Fsp3) is 0.250. The van der Waals surface area contributed by atoms with Gasteiger partial charge in [-0.25, -0.2) is 9.36 Å². The molecule has 0 radical (unpaired) electrons. The normalized spacial score (nSPS) is 9.00. The SMILES string of the molecule is CCOC(=O)n1cccc1C#N. The summed E-state index contributed by atoms with van der Waals surface area (Å²) in [6.45, 7) is 2.02. The summed E-state index contributed by atoms with van der Waals surface area (Å²) in [5, 5.41) is 8.55. The van der Waals surface area contributed by atoms with Crippen LogP contribution in [0.2, 0.25) is 0 Å². The van der Waals surface area contributed by atoms with Crippen molar-refractivity contribution >= 4 is 6.09 Å². The van der Waals surface area contributed by atoms with Crippen LogP contribution in [0.3, 0.4) is 0 Å². The average Bonchev–Trinajstić information content (AvgIpc) is 2.51. The van der Waals surface area contributed by atoms with Gasteiger partial charge in [-0.3, -0.25) is 0 Å². The third-order valence-corrected chi connectivity index (χ3v) is 1.33. The number of nitrogens with zero attached hydrogens (tertiary/aromatic N) is 2. The lowest BCUT2D eigenvalue weighted by Gasteiger charge is -2.01. The van der Waals surface area contributed by atoms with E-state index in [1.54, 1.807) is 19.1 Å². The van der Waals surface area contributed by atoms with Crippen molar-refractivity contribution < 1.29 is 9.53 Å². The number of rotatable bonds is 1. The van der Waals surface area contributed by atoms with E-state index < -0.39 is 6.09 Å². The van der Waals surface area contributed by atoms with E-state index in [0.717, 1.165) is 0 Å². The minimum atomic E-state index is -0.515. The first-order valence-electron chi connectivity index (χ1n) is 3.54.